The van der Waals surface area contributed by atoms with Crippen LogP contribution in [0.4, 0.5) is 0 Å². The Bertz CT molecular complexity index is 341. The Morgan fingerprint density at radius 3 is 2.57 bits per heavy atom. The average molecular weight is 230 g/mol. The van der Waals surface area contributed by atoms with Gasteiger partial charge in [0, 0.05) is 18.0 Å². The van der Waals surface area contributed by atoms with Crippen molar-refractivity contribution < 1.29 is 0 Å². The molecule has 1 atom stereocenters. The molecule has 0 aliphatic carbocycles. The van der Waals surface area contributed by atoms with E-state index in [4.69, 9.17) is 23.4 Å². The van der Waals surface area contributed by atoms with E-state index in [1.807, 2.05) is 30.3 Å². The van der Waals surface area contributed by atoms with E-state index in [1.165, 1.54) is 4.64 Å². The third-order valence-corrected chi connectivity index (χ3v) is 2.57. The summed E-state index contributed by atoms with van der Waals surface area (Å²) in [7, 11) is 0. The van der Waals surface area contributed by atoms with Crippen molar-refractivity contribution in [3.8, 4) is 0 Å². The van der Waals surface area contributed by atoms with Crippen LogP contribution in [-0.2, 0) is 5.00 Å². The quantitative estimate of drug-likeness (QED) is 0.439. The van der Waals surface area contributed by atoms with Gasteiger partial charge in [-0.2, -0.15) is 5.43 Å². The first kappa shape index (κ1) is 9.80. The largest absolute Gasteiger partial charge is 0.299 e. The molecule has 1 aromatic carbocycles. The molecule has 0 saturated carbocycles. The maximum Gasteiger partial charge on any atom is 0.154 e. The molecule has 0 amide bonds. The topological polar surface area (TPSA) is 27.3 Å². The Morgan fingerprint density at radius 1 is 1.21 bits per heavy atom. The number of hydrazine groups is 2. The summed E-state index contributed by atoms with van der Waals surface area (Å²) in [5.41, 5.74) is 6.54. The number of nitrogens with one attached hydrogen (secondary N) is 2. The first-order valence-electron chi connectivity index (χ1n) is 4.13. The SMILES string of the molecule is ClN1NC=CC(Cl)(c2ccccc2)N1. The number of nitrogens with zero attached hydrogens (tertiary/aromatic N) is 1. The highest BCUT2D eigenvalue weighted by Crippen LogP contribution is 2.29. The number of alkyl halides is 1. The first-order chi connectivity index (χ1) is 6.71. The van der Waals surface area contributed by atoms with Crippen molar-refractivity contribution in [2.75, 3.05) is 0 Å². The van der Waals surface area contributed by atoms with E-state index in [9.17, 15) is 0 Å². The second-order valence-electron chi connectivity index (χ2n) is 2.93. The number of halogens is 2. The molecule has 1 aromatic rings. The predicted octanol–water partition coefficient (Wildman–Crippen LogP) is 2.07. The van der Waals surface area contributed by atoms with E-state index in [0.29, 0.717) is 0 Å². The molecule has 0 spiro atoms. The molecule has 2 rings (SSSR count). The molecule has 1 aliphatic rings. The summed E-state index contributed by atoms with van der Waals surface area (Å²) in [6.45, 7) is 0. The Hall–Kier alpha value is -0.740. The van der Waals surface area contributed by atoms with Gasteiger partial charge in [-0.25, -0.2) is 0 Å². The Kier molecular flexibility index (Phi) is 2.65. The molecule has 5 heteroatoms. The van der Waals surface area contributed by atoms with Gasteiger partial charge in [0.1, 0.15) is 0 Å². The Balaban J connectivity index is 2.33. The minimum Gasteiger partial charge on any atom is -0.299 e. The van der Waals surface area contributed by atoms with E-state index in [-0.39, 0.29) is 0 Å². The lowest BCUT2D eigenvalue weighted by Crippen LogP contribution is -2.51. The van der Waals surface area contributed by atoms with Crippen LogP contribution in [0.15, 0.2) is 42.6 Å². The summed E-state index contributed by atoms with van der Waals surface area (Å²) < 4.78 is 1.19. The van der Waals surface area contributed by atoms with E-state index >= 15 is 0 Å². The van der Waals surface area contributed by atoms with E-state index in [1.54, 1.807) is 12.3 Å². The number of hydrogen-bond acceptors (Lipinski definition) is 3. The zero-order valence-electron chi connectivity index (χ0n) is 7.24. The van der Waals surface area contributed by atoms with Gasteiger partial charge in [0.25, 0.3) is 0 Å². The van der Waals surface area contributed by atoms with Crippen molar-refractivity contribution in [1.29, 1.82) is 0 Å². The van der Waals surface area contributed by atoms with Gasteiger partial charge in [-0.05, 0) is 11.6 Å². The zero-order chi connectivity index (χ0) is 10.0. The molecule has 74 valence electrons. The molecular formula is C9H9Cl2N3. The molecule has 0 saturated heterocycles. The number of benzene rings is 1. The fourth-order valence-corrected chi connectivity index (χ4v) is 1.78. The lowest BCUT2D eigenvalue weighted by atomic mass is 10.1. The fourth-order valence-electron chi connectivity index (χ4n) is 1.27. The molecule has 14 heavy (non-hydrogen) atoms. The molecule has 3 nitrogen and oxygen atoms in total. The van der Waals surface area contributed by atoms with E-state index in [0.717, 1.165) is 5.56 Å². The highest BCUT2D eigenvalue weighted by atomic mass is 35.5. The summed E-state index contributed by atoms with van der Waals surface area (Å²) in [5.74, 6) is 0. The molecule has 1 heterocycles. The van der Waals surface area contributed by atoms with Gasteiger partial charge in [-0.3, -0.25) is 5.43 Å². The van der Waals surface area contributed by atoms with Crippen molar-refractivity contribution in [1.82, 2.24) is 15.5 Å². The maximum absolute atomic E-state index is 6.33. The lowest BCUT2D eigenvalue weighted by Gasteiger charge is -2.32. The van der Waals surface area contributed by atoms with Crippen LogP contribution in [0.2, 0.25) is 0 Å². The highest BCUT2D eigenvalue weighted by molar-refractivity contribution is 6.25. The minimum atomic E-state index is -0.783. The summed E-state index contributed by atoms with van der Waals surface area (Å²) >= 11 is 12.1. The summed E-state index contributed by atoms with van der Waals surface area (Å²) in [5, 5.41) is 0. The average Bonchev–Trinajstić information content (AvgIpc) is 2.19. The molecule has 0 bridgehead atoms. The fraction of sp³-hybridized carbons (Fsp3) is 0.111. The Labute approximate surface area is 92.3 Å². The van der Waals surface area contributed by atoms with Crippen LogP contribution in [0.25, 0.3) is 0 Å². The molecular weight excluding hydrogens is 221 g/mol. The minimum absolute atomic E-state index is 0.783. The van der Waals surface area contributed by atoms with Crippen molar-refractivity contribution in [2.45, 2.75) is 5.00 Å². The summed E-state index contributed by atoms with van der Waals surface area (Å²) in [6.07, 6.45) is 3.48. The van der Waals surface area contributed by atoms with Crippen molar-refractivity contribution in [3.63, 3.8) is 0 Å². The van der Waals surface area contributed by atoms with E-state index in [2.05, 4.69) is 10.9 Å². The predicted molar refractivity (Wildman–Crippen MR) is 57.1 cm³/mol. The molecule has 0 aromatic heterocycles. The van der Waals surface area contributed by atoms with Crippen LogP contribution in [0, 0.1) is 0 Å². The van der Waals surface area contributed by atoms with Crippen molar-refractivity contribution >= 4 is 23.4 Å². The van der Waals surface area contributed by atoms with Gasteiger partial charge in [-0.1, -0.05) is 46.6 Å². The lowest BCUT2D eigenvalue weighted by molar-refractivity contribution is 0.224. The molecule has 0 radical (unpaired) electrons. The van der Waals surface area contributed by atoms with Crippen molar-refractivity contribution in [3.05, 3.63) is 48.2 Å². The van der Waals surface area contributed by atoms with Crippen LogP contribution in [-0.4, -0.2) is 4.64 Å². The molecule has 1 aliphatic heterocycles. The normalized spacial score (nSPS) is 27.3. The van der Waals surface area contributed by atoms with Gasteiger partial charge in [0.2, 0.25) is 0 Å². The van der Waals surface area contributed by atoms with Crippen LogP contribution >= 0.6 is 23.4 Å². The van der Waals surface area contributed by atoms with Gasteiger partial charge in [0.15, 0.2) is 5.00 Å². The Morgan fingerprint density at radius 2 is 1.93 bits per heavy atom. The smallest absolute Gasteiger partial charge is 0.154 e. The second kappa shape index (κ2) is 3.79. The number of rotatable bonds is 1. The van der Waals surface area contributed by atoms with Crippen molar-refractivity contribution in [2.24, 2.45) is 0 Å². The summed E-state index contributed by atoms with van der Waals surface area (Å²) in [4.78, 5) is -0.783. The molecule has 0 fully saturated rings. The molecule has 1 unspecified atom stereocenters. The van der Waals surface area contributed by atoms with Crippen LogP contribution in [0.3, 0.4) is 0 Å². The van der Waals surface area contributed by atoms with Gasteiger partial charge in [-0.15, -0.1) is 0 Å². The van der Waals surface area contributed by atoms with Gasteiger partial charge >= 0.3 is 0 Å². The highest BCUT2D eigenvalue weighted by Gasteiger charge is 2.30. The number of hydrogen-bond donors (Lipinski definition) is 2. The van der Waals surface area contributed by atoms with Crippen LogP contribution in [0.1, 0.15) is 5.56 Å². The van der Waals surface area contributed by atoms with Crippen LogP contribution < -0.4 is 10.9 Å². The van der Waals surface area contributed by atoms with Gasteiger partial charge in [0.05, 0.1) is 0 Å². The third-order valence-electron chi connectivity index (χ3n) is 1.96. The second-order valence-corrected chi connectivity index (χ2v) is 3.87. The standard InChI is InChI=1S/C9H9Cl2N3/c10-9(6-7-12-14(11)13-9)8-4-2-1-3-5-8/h1-7,12-13H. The zero-order valence-corrected chi connectivity index (χ0v) is 8.76. The molecule has 2 N–H and O–H groups in total. The monoisotopic (exact) mass is 229 g/mol. The first-order valence-corrected chi connectivity index (χ1v) is 4.84. The van der Waals surface area contributed by atoms with Gasteiger partial charge < -0.3 is 0 Å². The third kappa shape index (κ3) is 1.86. The summed E-state index contributed by atoms with van der Waals surface area (Å²) in [6, 6.07) is 9.65. The maximum atomic E-state index is 6.33. The van der Waals surface area contributed by atoms with E-state index < -0.39 is 5.00 Å². The van der Waals surface area contributed by atoms with Crippen LogP contribution in [0.5, 0.6) is 0 Å².